The van der Waals surface area contributed by atoms with Crippen LogP contribution in [0, 0.1) is 0 Å². The van der Waals surface area contributed by atoms with Gasteiger partial charge in [0.25, 0.3) is 0 Å². The van der Waals surface area contributed by atoms with Crippen LogP contribution in [-0.4, -0.2) is 47.3 Å². The second-order valence-corrected chi connectivity index (χ2v) is 6.52. The molecule has 2 aliphatic rings. The predicted molar refractivity (Wildman–Crippen MR) is 88.5 cm³/mol. The molecule has 2 heterocycles. The van der Waals surface area contributed by atoms with Crippen molar-refractivity contribution in [3.8, 4) is 0 Å². The van der Waals surface area contributed by atoms with Crippen molar-refractivity contribution in [3.63, 3.8) is 0 Å². The SMILES string of the molecule is NC(CC(=O)N1CCC(N2CCCC2=O)CC1)c1ccccc1. The smallest absolute Gasteiger partial charge is 0.224 e. The summed E-state index contributed by atoms with van der Waals surface area (Å²) in [7, 11) is 0. The molecule has 2 amide bonds. The van der Waals surface area contributed by atoms with E-state index in [1.165, 1.54) is 0 Å². The van der Waals surface area contributed by atoms with E-state index in [1.54, 1.807) is 0 Å². The molecular weight excluding hydrogens is 290 g/mol. The number of benzene rings is 1. The first-order chi connectivity index (χ1) is 11.1. The van der Waals surface area contributed by atoms with Gasteiger partial charge in [-0.05, 0) is 24.8 Å². The highest BCUT2D eigenvalue weighted by Gasteiger charge is 2.32. The first kappa shape index (κ1) is 16.0. The molecule has 0 aromatic heterocycles. The number of piperidine rings is 1. The van der Waals surface area contributed by atoms with Gasteiger partial charge in [0.1, 0.15) is 0 Å². The molecule has 0 spiro atoms. The summed E-state index contributed by atoms with van der Waals surface area (Å²) in [5.41, 5.74) is 7.15. The number of nitrogens with zero attached hydrogens (tertiary/aromatic N) is 2. The highest BCUT2D eigenvalue weighted by atomic mass is 16.2. The van der Waals surface area contributed by atoms with Gasteiger partial charge in [0.2, 0.25) is 11.8 Å². The first-order valence-corrected chi connectivity index (χ1v) is 8.53. The zero-order valence-electron chi connectivity index (χ0n) is 13.5. The maximum atomic E-state index is 12.4. The second-order valence-electron chi connectivity index (χ2n) is 6.52. The zero-order valence-corrected chi connectivity index (χ0v) is 13.5. The van der Waals surface area contributed by atoms with E-state index in [0.717, 1.165) is 44.5 Å². The largest absolute Gasteiger partial charge is 0.342 e. The Bertz CT molecular complexity index is 553. The Morgan fingerprint density at radius 3 is 2.48 bits per heavy atom. The number of amides is 2. The van der Waals surface area contributed by atoms with Gasteiger partial charge in [-0.25, -0.2) is 0 Å². The van der Waals surface area contributed by atoms with Gasteiger partial charge in [0.05, 0.1) is 0 Å². The second kappa shape index (κ2) is 7.13. The molecule has 1 aromatic carbocycles. The summed E-state index contributed by atoms with van der Waals surface area (Å²) in [6.45, 7) is 2.35. The Balaban J connectivity index is 1.49. The molecule has 2 aliphatic heterocycles. The molecular formula is C18H25N3O2. The average Bonchev–Trinajstić information content (AvgIpc) is 3.02. The summed E-state index contributed by atoms with van der Waals surface area (Å²) in [5, 5.41) is 0. The third-order valence-corrected chi connectivity index (χ3v) is 4.99. The molecule has 23 heavy (non-hydrogen) atoms. The van der Waals surface area contributed by atoms with Crippen LogP contribution in [0.4, 0.5) is 0 Å². The standard InChI is InChI=1S/C18H25N3O2/c19-16(14-5-2-1-3-6-14)13-18(23)20-11-8-15(9-12-20)21-10-4-7-17(21)22/h1-3,5-6,15-16H,4,7-13,19H2. The van der Waals surface area contributed by atoms with Crippen molar-refractivity contribution in [1.82, 2.24) is 9.80 Å². The van der Waals surface area contributed by atoms with Gasteiger partial charge in [-0.2, -0.15) is 0 Å². The number of rotatable bonds is 4. The summed E-state index contributed by atoms with van der Waals surface area (Å²) in [5.74, 6) is 0.397. The van der Waals surface area contributed by atoms with E-state index in [9.17, 15) is 9.59 Å². The van der Waals surface area contributed by atoms with Crippen molar-refractivity contribution in [2.75, 3.05) is 19.6 Å². The Morgan fingerprint density at radius 2 is 1.87 bits per heavy atom. The average molecular weight is 315 g/mol. The van der Waals surface area contributed by atoms with Crippen LogP contribution in [0.1, 0.15) is 43.7 Å². The Labute approximate surface area is 137 Å². The number of nitrogens with two attached hydrogens (primary N) is 1. The fraction of sp³-hybridized carbons (Fsp3) is 0.556. The number of hydrogen-bond acceptors (Lipinski definition) is 3. The summed E-state index contributed by atoms with van der Waals surface area (Å²) in [4.78, 5) is 28.2. The van der Waals surface area contributed by atoms with Crippen molar-refractivity contribution in [2.45, 2.75) is 44.2 Å². The fourth-order valence-electron chi connectivity index (χ4n) is 3.62. The molecule has 5 nitrogen and oxygen atoms in total. The number of hydrogen-bond donors (Lipinski definition) is 1. The molecule has 2 N–H and O–H groups in total. The molecule has 1 unspecified atom stereocenters. The van der Waals surface area contributed by atoms with Gasteiger partial charge >= 0.3 is 0 Å². The predicted octanol–water partition coefficient (Wildman–Crippen LogP) is 1.69. The molecule has 0 saturated carbocycles. The van der Waals surface area contributed by atoms with Crippen LogP contribution in [0.3, 0.4) is 0 Å². The van der Waals surface area contributed by atoms with Crippen LogP contribution in [0.5, 0.6) is 0 Å². The van der Waals surface area contributed by atoms with E-state index in [4.69, 9.17) is 5.73 Å². The highest BCUT2D eigenvalue weighted by molar-refractivity contribution is 5.79. The minimum Gasteiger partial charge on any atom is -0.342 e. The third-order valence-electron chi connectivity index (χ3n) is 4.99. The zero-order chi connectivity index (χ0) is 16.2. The van der Waals surface area contributed by atoms with E-state index >= 15 is 0 Å². The Hall–Kier alpha value is -1.88. The van der Waals surface area contributed by atoms with Crippen molar-refractivity contribution >= 4 is 11.8 Å². The Kier molecular flexibility index (Phi) is 4.96. The minimum absolute atomic E-state index is 0.118. The van der Waals surface area contributed by atoms with Gasteiger partial charge in [0.15, 0.2) is 0 Å². The maximum Gasteiger partial charge on any atom is 0.224 e. The van der Waals surface area contributed by atoms with E-state index in [1.807, 2.05) is 40.1 Å². The van der Waals surface area contributed by atoms with Gasteiger partial charge in [0, 0.05) is 44.6 Å². The first-order valence-electron chi connectivity index (χ1n) is 8.53. The van der Waals surface area contributed by atoms with Crippen LogP contribution in [0.15, 0.2) is 30.3 Å². The molecule has 0 aliphatic carbocycles. The monoisotopic (exact) mass is 315 g/mol. The van der Waals surface area contributed by atoms with E-state index in [2.05, 4.69) is 0 Å². The normalized spacial score (nSPS) is 20.8. The van der Waals surface area contributed by atoms with E-state index in [0.29, 0.717) is 18.9 Å². The molecule has 1 atom stereocenters. The van der Waals surface area contributed by atoms with Gasteiger partial charge in [-0.1, -0.05) is 30.3 Å². The summed E-state index contributed by atoms with van der Waals surface area (Å²) < 4.78 is 0. The minimum atomic E-state index is -0.249. The number of carbonyl (C=O) groups excluding carboxylic acids is 2. The molecule has 2 fully saturated rings. The molecule has 0 radical (unpaired) electrons. The quantitative estimate of drug-likeness (QED) is 0.919. The van der Waals surface area contributed by atoms with Crippen molar-refractivity contribution < 1.29 is 9.59 Å². The van der Waals surface area contributed by atoms with E-state index < -0.39 is 0 Å². The van der Waals surface area contributed by atoms with Gasteiger partial charge in [-0.3, -0.25) is 9.59 Å². The van der Waals surface area contributed by atoms with Crippen LogP contribution >= 0.6 is 0 Å². The lowest BCUT2D eigenvalue weighted by Crippen LogP contribution is -2.47. The maximum absolute atomic E-state index is 12.4. The van der Waals surface area contributed by atoms with Crippen LogP contribution < -0.4 is 5.73 Å². The Morgan fingerprint density at radius 1 is 1.17 bits per heavy atom. The lowest BCUT2D eigenvalue weighted by atomic mass is 10.0. The fourth-order valence-corrected chi connectivity index (χ4v) is 3.62. The van der Waals surface area contributed by atoms with Gasteiger partial charge < -0.3 is 15.5 Å². The molecule has 3 rings (SSSR count). The van der Waals surface area contributed by atoms with Crippen molar-refractivity contribution in [3.05, 3.63) is 35.9 Å². The summed E-state index contributed by atoms with van der Waals surface area (Å²) in [6, 6.07) is 9.82. The highest BCUT2D eigenvalue weighted by Crippen LogP contribution is 2.23. The van der Waals surface area contributed by atoms with Gasteiger partial charge in [-0.15, -0.1) is 0 Å². The van der Waals surface area contributed by atoms with Crippen LogP contribution in [0.25, 0.3) is 0 Å². The topological polar surface area (TPSA) is 66.6 Å². The lowest BCUT2D eigenvalue weighted by Gasteiger charge is -2.37. The molecule has 0 bridgehead atoms. The van der Waals surface area contributed by atoms with Crippen molar-refractivity contribution in [1.29, 1.82) is 0 Å². The summed E-state index contributed by atoms with van der Waals surface area (Å²) in [6.07, 6.45) is 3.78. The van der Waals surface area contributed by atoms with Crippen LogP contribution in [0.2, 0.25) is 0 Å². The van der Waals surface area contributed by atoms with Crippen LogP contribution in [-0.2, 0) is 9.59 Å². The third kappa shape index (κ3) is 3.72. The molecule has 5 heteroatoms. The molecule has 124 valence electrons. The van der Waals surface area contributed by atoms with Crippen molar-refractivity contribution in [2.24, 2.45) is 5.73 Å². The molecule has 2 saturated heterocycles. The number of carbonyl (C=O) groups is 2. The summed E-state index contributed by atoms with van der Waals surface area (Å²) >= 11 is 0. The lowest BCUT2D eigenvalue weighted by molar-refractivity contribution is -0.134. The van der Waals surface area contributed by atoms with E-state index in [-0.39, 0.29) is 17.9 Å². The number of likely N-dealkylation sites (tertiary alicyclic amines) is 2. The molecule has 1 aromatic rings.